The molecule has 1 aliphatic heterocycles. The summed E-state index contributed by atoms with van der Waals surface area (Å²) in [4.78, 5) is 25.9. The van der Waals surface area contributed by atoms with Crippen LogP contribution in [-0.2, 0) is 11.2 Å². The van der Waals surface area contributed by atoms with Gasteiger partial charge in [0, 0.05) is 23.8 Å². The molecule has 0 radical (unpaired) electrons. The molecule has 1 heterocycles. The Bertz CT molecular complexity index is 585. The molecular formula is C16H21N3O2. The summed E-state index contributed by atoms with van der Waals surface area (Å²) in [6.45, 7) is 0.666. The quantitative estimate of drug-likeness (QED) is 0.856. The number of amides is 2. The zero-order valence-corrected chi connectivity index (χ0v) is 12.0. The first-order chi connectivity index (χ1) is 10.1. The molecule has 0 spiro atoms. The largest absolute Gasteiger partial charge is 0.366 e. The second-order valence-electron chi connectivity index (χ2n) is 6.00. The monoisotopic (exact) mass is 287 g/mol. The first kappa shape index (κ1) is 14.1. The third kappa shape index (κ3) is 2.53. The fourth-order valence-electron chi connectivity index (χ4n) is 3.43. The Hall–Kier alpha value is -1.88. The Labute approximate surface area is 124 Å². The van der Waals surface area contributed by atoms with Crippen LogP contribution in [0, 0.1) is 5.92 Å². The van der Waals surface area contributed by atoms with Crippen molar-refractivity contribution in [1.82, 2.24) is 0 Å². The van der Waals surface area contributed by atoms with Crippen LogP contribution in [0.15, 0.2) is 18.2 Å². The van der Waals surface area contributed by atoms with Gasteiger partial charge in [-0.2, -0.15) is 0 Å². The van der Waals surface area contributed by atoms with Crippen molar-refractivity contribution in [2.24, 2.45) is 17.4 Å². The second-order valence-corrected chi connectivity index (χ2v) is 6.00. The zero-order chi connectivity index (χ0) is 15.0. The second kappa shape index (κ2) is 5.48. The molecule has 1 aromatic carbocycles. The zero-order valence-electron chi connectivity index (χ0n) is 12.0. The molecule has 2 aliphatic rings. The molecule has 5 heteroatoms. The van der Waals surface area contributed by atoms with Crippen molar-refractivity contribution < 1.29 is 9.59 Å². The van der Waals surface area contributed by atoms with Crippen LogP contribution in [0.5, 0.6) is 0 Å². The predicted molar refractivity (Wildman–Crippen MR) is 81.0 cm³/mol. The molecule has 0 saturated heterocycles. The van der Waals surface area contributed by atoms with Gasteiger partial charge in [-0.25, -0.2) is 0 Å². The van der Waals surface area contributed by atoms with Crippen molar-refractivity contribution in [1.29, 1.82) is 0 Å². The summed E-state index contributed by atoms with van der Waals surface area (Å²) >= 11 is 0. The predicted octanol–water partition coefficient (Wildman–Crippen LogP) is 1.19. The molecular weight excluding hydrogens is 266 g/mol. The molecule has 2 atom stereocenters. The normalized spacial score (nSPS) is 24.7. The van der Waals surface area contributed by atoms with Crippen LogP contribution in [-0.4, -0.2) is 24.4 Å². The van der Waals surface area contributed by atoms with E-state index in [2.05, 4.69) is 0 Å². The molecule has 1 saturated carbocycles. The molecule has 2 amide bonds. The molecule has 4 N–H and O–H groups in total. The highest BCUT2D eigenvalue weighted by Crippen LogP contribution is 2.33. The van der Waals surface area contributed by atoms with Crippen LogP contribution in [0.25, 0.3) is 0 Å². The number of benzene rings is 1. The van der Waals surface area contributed by atoms with Gasteiger partial charge in [0.15, 0.2) is 0 Å². The number of primary amides is 1. The summed E-state index contributed by atoms with van der Waals surface area (Å²) < 4.78 is 0. The smallest absolute Gasteiger partial charge is 0.248 e. The van der Waals surface area contributed by atoms with Crippen LogP contribution in [0.3, 0.4) is 0 Å². The van der Waals surface area contributed by atoms with Crippen molar-refractivity contribution in [3.8, 4) is 0 Å². The van der Waals surface area contributed by atoms with E-state index in [-0.39, 0.29) is 17.9 Å². The lowest BCUT2D eigenvalue weighted by Gasteiger charge is -2.31. The van der Waals surface area contributed by atoms with E-state index in [0.717, 1.165) is 43.4 Å². The van der Waals surface area contributed by atoms with Crippen molar-refractivity contribution in [2.45, 2.75) is 38.1 Å². The Morgan fingerprint density at radius 1 is 1.19 bits per heavy atom. The maximum atomic E-state index is 12.8. The molecule has 112 valence electrons. The molecule has 1 aliphatic carbocycles. The average Bonchev–Trinajstić information content (AvgIpc) is 2.90. The number of fused-ring (bicyclic) bond motifs is 1. The number of carbonyl (C=O) groups excluding carboxylic acids is 2. The highest BCUT2D eigenvalue weighted by atomic mass is 16.2. The molecule has 3 rings (SSSR count). The molecule has 0 bridgehead atoms. The third-order valence-electron chi connectivity index (χ3n) is 4.67. The van der Waals surface area contributed by atoms with Crippen LogP contribution in [0.1, 0.15) is 41.6 Å². The number of carbonyl (C=O) groups is 2. The summed E-state index contributed by atoms with van der Waals surface area (Å²) in [6.07, 6.45) is 4.77. The first-order valence-corrected chi connectivity index (χ1v) is 7.57. The summed E-state index contributed by atoms with van der Waals surface area (Å²) in [7, 11) is 0. The Morgan fingerprint density at radius 3 is 2.67 bits per heavy atom. The lowest BCUT2D eigenvalue weighted by Crippen LogP contribution is -2.45. The van der Waals surface area contributed by atoms with E-state index in [9.17, 15) is 9.59 Å². The van der Waals surface area contributed by atoms with Crippen molar-refractivity contribution in [3.05, 3.63) is 29.3 Å². The van der Waals surface area contributed by atoms with Gasteiger partial charge in [0.05, 0.1) is 5.92 Å². The minimum absolute atomic E-state index is 0.0466. The van der Waals surface area contributed by atoms with Gasteiger partial charge >= 0.3 is 0 Å². The van der Waals surface area contributed by atoms with Crippen LogP contribution in [0.4, 0.5) is 5.69 Å². The maximum Gasteiger partial charge on any atom is 0.248 e. The minimum atomic E-state index is -0.466. The van der Waals surface area contributed by atoms with Crippen LogP contribution >= 0.6 is 0 Å². The third-order valence-corrected chi connectivity index (χ3v) is 4.67. The maximum absolute atomic E-state index is 12.8. The first-order valence-electron chi connectivity index (χ1n) is 7.57. The molecule has 0 unspecified atom stereocenters. The molecule has 5 nitrogen and oxygen atoms in total. The molecule has 0 aromatic heterocycles. The van der Waals surface area contributed by atoms with Gasteiger partial charge in [-0.05, 0) is 37.0 Å². The van der Waals surface area contributed by atoms with Gasteiger partial charge in [-0.1, -0.05) is 18.9 Å². The molecule has 1 aromatic rings. The van der Waals surface area contributed by atoms with Crippen molar-refractivity contribution in [3.63, 3.8) is 0 Å². The van der Waals surface area contributed by atoms with Crippen molar-refractivity contribution >= 4 is 17.5 Å². The van der Waals surface area contributed by atoms with E-state index in [1.807, 2.05) is 6.07 Å². The SMILES string of the molecule is NC(=O)c1ccc2c(c1)N(C(=O)[C@@H]1CCCC[C@@H]1N)CC2. The number of rotatable bonds is 2. The van der Waals surface area contributed by atoms with Gasteiger partial charge in [0.25, 0.3) is 0 Å². The van der Waals surface area contributed by atoms with E-state index in [0.29, 0.717) is 12.1 Å². The Balaban J connectivity index is 1.87. The van der Waals surface area contributed by atoms with Gasteiger partial charge in [-0.15, -0.1) is 0 Å². The topological polar surface area (TPSA) is 89.4 Å². The summed E-state index contributed by atoms with van der Waals surface area (Å²) in [5.41, 5.74) is 13.8. The van der Waals surface area contributed by atoms with E-state index >= 15 is 0 Å². The molecule has 1 fully saturated rings. The van der Waals surface area contributed by atoms with E-state index < -0.39 is 5.91 Å². The number of nitrogens with zero attached hydrogens (tertiary/aromatic N) is 1. The summed E-state index contributed by atoms with van der Waals surface area (Å²) in [5.74, 6) is -0.462. The minimum Gasteiger partial charge on any atom is -0.366 e. The average molecular weight is 287 g/mol. The summed E-state index contributed by atoms with van der Waals surface area (Å²) in [6, 6.07) is 5.30. The highest BCUT2D eigenvalue weighted by Gasteiger charge is 2.34. The van der Waals surface area contributed by atoms with E-state index in [4.69, 9.17) is 11.5 Å². The number of hydrogen-bond donors (Lipinski definition) is 2. The van der Waals surface area contributed by atoms with Crippen molar-refractivity contribution in [2.75, 3.05) is 11.4 Å². The van der Waals surface area contributed by atoms with E-state index in [1.165, 1.54) is 0 Å². The number of anilines is 1. The van der Waals surface area contributed by atoms with Gasteiger partial charge in [-0.3, -0.25) is 9.59 Å². The van der Waals surface area contributed by atoms with Gasteiger partial charge in [0.1, 0.15) is 0 Å². The molecule has 21 heavy (non-hydrogen) atoms. The van der Waals surface area contributed by atoms with Crippen LogP contribution in [0.2, 0.25) is 0 Å². The number of nitrogens with two attached hydrogens (primary N) is 2. The van der Waals surface area contributed by atoms with Gasteiger partial charge in [0.2, 0.25) is 11.8 Å². The standard InChI is InChI=1S/C16H21N3O2/c17-13-4-2-1-3-12(13)16(21)19-8-7-10-5-6-11(15(18)20)9-14(10)19/h5-6,9,12-13H,1-4,7-8,17H2,(H2,18,20)/t12-,13+/m1/s1. The van der Waals surface area contributed by atoms with Gasteiger partial charge < -0.3 is 16.4 Å². The lowest BCUT2D eigenvalue weighted by molar-refractivity contribution is -0.123. The Morgan fingerprint density at radius 2 is 1.95 bits per heavy atom. The fraction of sp³-hybridized carbons (Fsp3) is 0.500. The van der Waals surface area contributed by atoms with E-state index in [1.54, 1.807) is 17.0 Å². The summed E-state index contributed by atoms with van der Waals surface area (Å²) in [5, 5.41) is 0. The van der Waals surface area contributed by atoms with Crippen LogP contribution < -0.4 is 16.4 Å². The lowest BCUT2D eigenvalue weighted by atomic mass is 9.84. The fourth-order valence-corrected chi connectivity index (χ4v) is 3.43. The number of hydrogen-bond acceptors (Lipinski definition) is 3. The Kier molecular flexibility index (Phi) is 3.68. The highest BCUT2D eigenvalue weighted by molar-refractivity contribution is 6.00.